The first-order chi connectivity index (χ1) is 7.01. The average Bonchev–Trinajstić information content (AvgIpc) is 2.17. The third-order valence-corrected chi connectivity index (χ3v) is 1.54. The summed E-state index contributed by atoms with van der Waals surface area (Å²) in [6, 6.07) is 9.10. The molecule has 0 bridgehead atoms. The molecule has 1 aromatic carbocycles. The lowest BCUT2D eigenvalue weighted by molar-refractivity contribution is 0.546. The maximum absolute atomic E-state index is 8.60. The minimum Gasteiger partial charge on any atom is -0.260 e. The van der Waals surface area contributed by atoms with Crippen molar-refractivity contribution in [3.63, 3.8) is 0 Å². The molecule has 1 N–H and O–H groups in total. The van der Waals surface area contributed by atoms with Gasteiger partial charge >= 0.3 is 0 Å². The first kappa shape index (κ1) is 11.2. The highest BCUT2D eigenvalue weighted by Gasteiger charge is 2.05. The number of anilines is 1. The van der Waals surface area contributed by atoms with Gasteiger partial charge in [0.2, 0.25) is 0 Å². The number of rotatable bonds is 2. The summed E-state index contributed by atoms with van der Waals surface area (Å²) in [4.78, 5) is 0. The summed E-state index contributed by atoms with van der Waals surface area (Å²) in [5.41, 5.74) is 4.07. The minimum absolute atomic E-state index is 0.181. The predicted octanol–water partition coefficient (Wildman–Crippen LogP) is 3.14. The highest BCUT2D eigenvalue weighted by atomic mass is 15.4. The van der Waals surface area contributed by atoms with Crippen molar-refractivity contribution in [1.29, 1.82) is 5.26 Å². The second-order valence-electron chi connectivity index (χ2n) is 4.17. The van der Waals surface area contributed by atoms with Gasteiger partial charge in [-0.3, -0.25) is 5.43 Å². The number of hydrogen-bond acceptors (Lipinski definition) is 3. The molecule has 0 radical (unpaired) electrons. The zero-order valence-electron chi connectivity index (χ0n) is 9.15. The molecule has 1 rings (SSSR count). The number of hydrogen-bond donors (Lipinski definition) is 1. The van der Waals surface area contributed by atoms with Crippen molar-refractivity contribution >= 4 is 5.69 Å². The molecule has 0 amide bonds. The van der Waals surface area contributed by atoms with Crippen LogP contribution in [-0.4, -0.2) is 5.54 Å². The Morgan fingerprint density at radius 2 is 1.80 bits per heavy atom. The van der Waals surface area contributed by atoms with E-state index in [4.69, 9.17) is 5.26 Å². The zero-order valence-corrected chi connectivity index (χ0v) is 9.15. The molecule has 0 heterocycles. The number of nitrogens with one attached hydrogen (secondary N) is 1. The average molecular weight is 202 g/mol. The van der Waals surface area contributed by atoms with Gasteiger partial charge in [-0.15, -0.1) is 0 Å². The number of nitrogens with zero attached hydrogens (tertiary/aromatic N) is 3. The van der Waals surface area contributed by atoms with E-state index in [1.54, 1.807) is 24.3 Å². The third-order valence-electron chi connectivity index (χ3n) is 1.54. The summed E-state index contributed by atoms with van der Waals surface area (Å²) in [5.74, 6) is 0. The highest BCUT2D eigenvalue weighted by molar-refractivity contribution is 5.46. The van der Waals surface area contributed by atoms with E-state index in [0.29, 0.717) is 5.56 Å². The molecular weight excluding hydrogens is 188 g/mol. The molecule has 0 saturated carbocycles. The summed E-state index contributed by atoms with van der Waals surface area (Å²) in [6.07, 6.45) is 0. The van der Waals surface area contributed by atoms with Crippen molar-refractivity contribution in [1.82, 2.24) is 0 Å². The van der Waals surface area contributed by atoms with Crippen molar-refractivity contribution in [2.75, 3.05) is 5.43 Å². The van der Waals surface area contributed by atoms with Crippen LogP contribution in [0.4, 0.5) is 5.69 Å². The smallest absolute Gasteiger partial charge is 0.0991 e. The fraction of sp³-hybridized carbons (Fsp3) is 0.364. The van der Waals surface area contributed by atoms with Crippen molar-refractivity contribution in [2.45, 2.75) is 26.3 Å². The molecule has 4 nitrogen and oxygen atoms in total. The van der Waals surface area contributed by atoms with Crippen LogP contribution in [0.2, 0.25) is 0 Å². The Balaban J connectivity index is 2.60. The SMILES string of the molecule is CC(C)(C)N=NNc1ccc(C#N)cc1. The molecule has 0 aliphatic carbocycles. The lowest BCUT2D eigenvalue weighted by Crippen LogP contribution is -2.08. The predicted molar refractivity (Wildman–Crippen MR) is 59.4 cm³/mol. The summed E-state index contributed by atoms with van der Waals surface area (Å²) in [5, 5.41) is 16.5. The molecule has 0 aromatic heterocycles. The van der Waals surface area contributed by atoms with Gasteiger partial charge in [0.25, 0.3) is 0 Å². The third kappa shape index (κ3) is 4.23. The van der Waals surface area contributed by atoms with Crippen LogP contribution in [0.25, 0.3) is 0 Å². The molecule has 15 heavy (non-hydrogen) atoms. The molecule has 0 atom stereocenters. The first-order valence-corrected chi connectivity index (χ1v) is 4.69. The zero-order chi connectivity index (χ0) is 11.3. The Morgan fingerprint density at radius 1 is 1.20 bits per heavy atom. The normalized spacial score (nSPS) is 11.3. The van der Waals surface area contributed by atoms with Crippen LogP contribution in [0, 0.1) is 11.3 Å². The lowest BCUT2D eigenvalue weighted by Gasteiger charge is -2.08. The number of nitriles is 1. The molecule has 4 heteroatoms. The van der Waals surface area contributed by atoms with Gasteiger partial charge in [0, 0.05) is 0 Å². The molecular formula is C11H14N4. The van der Waals surface area contributed by atoms with E-state index in [0.717, 1.165) is 5.69 Å². The van der Waals surface area contributed by atoms with Crippen molar-refractivity contribution in [3.05, 3.63) is 29.8 Å². The van der Waals surface area contributed by atoms with Crippen LogP contribution < -0.4 is 5.43 Å². The largest absolute Gasteiger partial charge is 0.260 e. The number of benzene rings is 1. The van der Waals surface area contributed by atoms with Crippen LogP contribution in [-0.2, 0) is 0 Å². The molecule has 0 fully saturated rings. The van der Waals surface area contributed by atoms with E-state index < -0.39 is 0 Å². The van der Waals surface area contributed by atoms with Crippen LogP contribution in [0.15, 0.2) is 34.6 Å². The van der Waals surface area contributed by atoms with Crippen LogP contribution >= 0.6 is 0 Å². The highest BCUT2D eigenvalue weighted by Crippen LogP contribution is 2.11. The maximum atomic E-state index is 8.60. The van der Waals surface area contributed by atoms with Gasteiger partial charge in [0.1, 0.15) is 0 Å². The van der Waals surface area contributed by atoms with E-state index in [1.807, 2.05) is 20.8 Å². The molecule has 1 aromatic rings. The maximum Gasteiger partial charge on any atom is 0.0991 e. The van der Waals surface area contributed by atoms with Crippen molar-refractivity contribution < 1.29 is 0 Å². The summed E-state index contributed by atoms with van der Waals surface area (Å²) >= 11 is 0. The molecule has 0 aliphatic heterocycles. The molecule has 0 aliphatic rings. The van der Waals surface area contributed by atoms with Crippen LogP contribution in [0.3, 0.4) is 0 Å². The Morgan fingerprint density at radius 3 is 2.27 bits per heavy atom. The van der Waals surface area contributed by atoms with Gasteiger partial charge in [0.05, 0.1) is 22.9 Å². The lowest BCUT2D eigenvalue weighted by atomic mass is 10.1. The molecule has 0 saturated heterocycles. The molecule has 78 valence electrons. The standard InChI is InChI=1S/C11H14N4/c1-11(2,3)14-15-13-10-6-4-9(8-12)5-7-10/h4-7H,1-3H3,(H,13,14). The van der Waals surface area contributed by atoms with E-state index >= 15 is 0 Å². The van der Waals surface area contributed by atoms with Crippen LogP contribution in [0.5, 0.6) is 0 Å². The summed E-state index contributed by atoms with van der Waals surface area (Å²) < 4.78 is 0. The van der Waals surface area contributed by atoms with Gasteiger partial charge in [0.15, 0.2) is 0 Å². The van der Waals surface area contributed by atoms with Gasteiger partial charge in [-0.05, 0) is 45.0 Å². The fourth-order valence-electron chi connectivity index (χ4n) is 0.852. The Hall–Kier alpha value is -1.89. The topological polar surface area (TPSA) is 60.5 Å². The van der Waals surface area contributed by atoms with E-state index in [1.165, 1.54) is 0 Å². The van der Waals surface area contributed by atoms with Gasteiger partial charge in [-0.2, -0.15) is 10.4 Å². The fourth-order valence-corrected chi connectivity index (χ4v) is 0.852. The Labute approximate surface area is 89.6 Å². The van der Waals surface area contributed by atoms with Gasteiger partial charge in [-0.25, -0.2) is 0 Å². The molecule has 0 unspecified atom stereocenters. The van der Waals surface area contributed by atoms with E-state index in [9.17, 15) is 0 Å². The van der Waals surface area contributed by atoms with Crippen molar-refractivity contribution in [3.8, 4) is 6.07 Å². The monoisotopic (exact) mass is 202 g/mol. The second kappa shape index (κ2) is 4.56. The van der Waals surface area contributed by atoms with Gasteiger partial charge < -0.3 is 0 Å². The Kier molecular flexibility index (Phi) is 3.40. The minimum atomic E-state index is -0.181. The van der Waals surface area contributed by atoms with Crippen LogP contribution in [0.1, 0.15) is 26.3 Å². The summed E-state index contributed by atoms with van der Waals surface area (Å²) in [6.45, 7) is 5.91. The quantitative estimate of drug-likeness (QED) is 0.591. The second-order valence-corrected chi connectivity index (χ2v) is 4.17. The Bertz CT molecular complexity index is 379. The van der Waals surface area contributed by atoms with Crippen molar-refractivity contribution in [2.24, 2.45) is 10.3 Å². The first-order valence-electron chi connectivity index (χ1n) is 4.69. The molecule has 0 spiro atoms. The van der Waals surface area contributed by atoms with E-state index in [2.05, 4.69) is 21.8 Å². The van der Waals surface area contributed by atoms with Gasteiger partial charge in [-0.1, -0.05) is 5.22 Å². The van der Waals surface area contributed by atoms with E-state index in [-0.39, 0.29) is 5.54 Å². The summed E-state index contributed by atoms with van der Waals surface area (Å²) in [7, 11) is 0.